The van der Waals surface area contributed by atoms with Crippen molar-refractivity contribution in [1.29, 1.82) is 0 Å². The van der Waals surface area contributed by atoms with Crippen LogP contribution in [0.25, 0.3) is 0 Å². The second-order valence-electron chi connectivity index (χ2n) is 18.1. The van der Waals surface area contributed by atoms with Gasteiger partial charge in [0.2, 0.25) is 0 Å². The normalized spacial score (nSPS) is 59.1. The summed E-state index contributed by atoms with van der Waals surface area (Å²) in [6.07, 6.45) is 0.272. The summed E-state index contributed by atoms with van der Waals surface area (Å²) in [7, 11) is 0. The van der Waals surface area contributed by atoms with E-state index in [1.807, 2.05) is 0 Å². The molecule has 0 aromatic rings. The van der Waals surface area contributed by atoms with E-state index in [-0.39, 0.29) is 41.5 Å². The van der Waals surface area contributed by atoms with Crippen molar-refractivity contribution in [3.63, 3.8) is 0 Å². The molecule has 3 saturated carbocycles. The molecule has 12 heteroatoms. The molecule has 0 aromatic carbocycles. The van der Waals surface area contributed by atoms with Crippen molar-refractivity contribution in [3.8, 4) is 0 Å². The Hall–Kier alpha value is -0.740. The summed E-state index contributed by atoms with van der Waals surface area (Å²) in [4.78, 5) is 0. The van der Waals surface area contributed by atoms with Crippen LogP contribution in [0.1, 0.15) is 86.0 Å². The van der Waals surface area contributed by atoms with Gasteiger partial charge < -0.3 is 59.1 Å². The maximum atomic E-state index is 12.1. The van der Waals surface area contributed by atoms with Crippen LogP contribution in [0, 0.1) is 46.3 Å². The Labute approximate surface area is 295 Å². The molecule has 4 heterocycles. The molecule has 0 radical (unpaired) electrons. The van der Waals surface area contributed by atoms with Gasteiger partial charge in [-0.05, 0) is 81.0 Å². The monoisotopic (exact) mass is 708 g/mol. The highest BCUT2D eigenvalue weighted by Gasteiger charge is 2.71. The van der Waals surface area contributed by atoms with E-state index < -0.39 is 67.2 Å². The van der Waals surface area contributed by atoms with E-state index in [0.29, 0.717) is 30.1 Å². The zero-order chi connectivity index (χ0) is 35.5. The van der Waals surface area contributed by atoms with Crippen molar-refractivity contribution in [2.45, 2.75) is 159 Å². The molecule has 0 bridgehead atoms. The average Bonchev–Trinajstić information content (AvgIpc) is 3.65. The lowest BCUT2D eigenvalue weighted by atomic mass is 9.46. The lowest BCUT2D eigenvalue weighted by molar-refractivity contribution is -0.303. The van der Waals surface area contributed by atoms with Gasteiger partial charge in [0.1, 0.15) is 30.0 Å². The molecule has 4 aliphatic carbocycles. The van der Waals surface area contributed by atoms with E-state index in [1.165, 1.54) is 5.57 Å². The molecule has 0 aromatic heterocycles. The minimum Gasteiger partial charge on any atom is -0.393 e. The number of fused-ring (bicyclic) bond motifs is 7. The van der Waals surface area contributed by atoms with Gasteiger partial charge in [0, 0.05) is 23.7 Å². The number of hydrogen-bond donors (Lipinski definition) is 6. The highest BCUT2D eigenvalue weighted by atomic mass is 16.7. The molecule has 0 unspecified atom stereocenters. The van der Waals surface area contributed by atoms with E-state index in [9.17, 15) is 30.6 Å². The van der Waals surface area contributed by atoms with Crippen molar-refractivity contribution in [2.75, 3.05) is 19.8 Å². The predicted molar refractivity (Wildman–Crippen MR) is 177 cm³/mol. The standard InChI is InChI=1S/C38H60O12/c1-18-8-11-38(47-15-18)19(2)28-26(50-38)13-25-23-7-6-21-12-22(9-10-35(21,4)24(23)14-27(39)36(25,28)5)49-34-32(43)37(44,17-46-34)16-45-33-31(42)30(41)29(40)20(3)48-33/h6,18-20,22-34,39-44H,7-17H2,1-5H3/t18-,19+,20+,22+,23-,24+,25+,26+,27+,28+,29+,30-,31-,32+,33-,34+,35+,36-,37-,38-/m1/s1. The lowest BCUT2D eigenvalue weighted by Crippen LogP contribution is -2.59. The van der Waals surface area contributed by atoms with Crippen LogP contribution < -0.4 is 0 Å². The first-order valence-corrected chi connectivity index (χ1v) is 19.3. The van der Waals surface area contributed by atoms with Gasteiger partial charge in [0.25, 0.3) is 0 Å². The molecule has 4 saturated heterocycles. The van der Waals surface area contributed by atoms with Gasteiger partial charge in [0.15, 0.2) is 18.4 Å². The molecular formula is C38H60O12. The third-order valence-electron chi connectivity index (χ3n) is 15.4. The Bertz CT molecular complexity index is 1300. The first-order valence-electron chi connectivity index (χ1n) is 19.3. The zero-order valence-corrected chi connectivity index (χ0v) is 30.2. The molecule has 7 fully saturated rings. The molecule has 8 aliphatic rings. The number of ether oxygens (including phenoxy) is 6. The molecule has 1 spiro atoms. The van der Waals surface area contributed by atoms with Crippen LogP contribution >= 0.6 is 0 Å². The van der Waals surface area contributed by atoms with Gasteiger partial charge in [-0.3, -0.25) is 0 Å². The SMILES string of the molecule is C[C@@H]1CC[C@@]2(OC1)O[C@H]1C[C@H]3[C@@H]4CC=C5C[C@@H](O[C@@H]6OC[C@](O)(CO[C@@H]7O[C@@H](C)[C@H](O)[C@@H](O)[C@H]7O)[C@H]6O)CC[C@]5(C)[C@H]4C[C@H](O)[C@]3(C)[C@H]1[C@@H]2C. The fraction of sp³-hybridized carbons (Fsp3) is 0.947. The van der Waals surface area contributed by atoms with Crippen LogP contribution in [-0.4, -0.2) is 123 Å². The Morgan fingerprint density at radius 1 is 0.920 bits per heavy atom. The minimum atomic E-state index is -1.81. The van der Waals surface area contributed by atoms with E-state index in [0.717, 1.165) is 51.6 Å². The van der Waals surface area contributed by atoms with Crippen LogP contribution in [0.2, 0.25) is 0 Å². The van der Waals surface area contributed by atoms with Crippen molar-refractivity contribution in [3.05, 3.63) is 11.6 Å². The van der Waals surface area contributed by atoms with Gasteiger partial charge in [-0.2, -0.15) is 0 Å². The largest absolute Gasteiger partial charge is 0.393 e. The second-order valence-corrected chi connectivity index (χ2v) is 18.1. The molecule has 4 aliphatic heterocycles. The summed E-state index contributed by atoms with van der Waals surface area (Å²) in [5.41, 5.74) is -0.730. The number of aliphatic hydroxyl groups excluding tert-OH is 5. The van der Waals surface area contributed by atoms with Crippen LogP contribution in [0.4, 0.5) is 0 Å². The summed E-state index contributed by atoms with van der Waals surface area (Å²) in [6.45, 7) is 10.9. The summed E-state index contributed by atoms with van der Waals surface area (Å²) in [5.74, 6) is 1.80. The lowest BCUT2D eigenvalue weighted by Gasteiger charge is -2.60. The number of aliphatic hydroxyl groups is 6. The molecular weight excluding hydrogens is 648 g/mol. The van der Waals surface area contributed by atoms with Gasteiger partial charge >= 0.3 is 0 Å². The molecule has 0 amide bonds. The highest BCUT2D eigenvalue weighted by Crippen LogP contribution is 2.70. The van der Waals surface area contributed by atoms with Crippen molar-refractivity contribution in [2.24, 2.45) is 46.3 Å². The van der Waals surface area contributed by atoms with E-state index in [1.54, 1.807) is 6.92 Å². The van der Waals surface area contributed by atoms with Gasteiger partial charge in [0.05, 0.1) is 44.2 Å². The van der Waals surface area contributed by atoms with Crippen LogP contribution in [0.15, 0.2) is 11.6 Å². The summed E-state index contributed by atoms with van der Waals surface area (Å²) in [5, 5.41) is 64.8. The fourth-order valence-electron chi connectivity index (χ4n) is 12.2. The van der Waals surface area contributed by atoms with Crippen LogP contribution in [0.3, 0.4) is 0 Å². The summed E-state index contributed by atoms with van der Waals surface area (Å²) >= 11 is 0. The molecule has 6 N–H and O–H groups in total. The third kappa shape index (κ3) is 5.37. The second kappa shape index (κ2) is 12.7. The van der Waals surface area contributed by atoms with Crippen molar-refractivity contribution < 1.29 is 59.1 Å². The fourth-order valence-corrected chi connectivity index (χ4v) is 12.2. The Morgan fingerprint density at radius 2 is 1.70 bits per heavy atom. The third-order valence-corrected chi connectivity index (χ3v) is 15.4. The first kappa shape index (κ1) is 36.2. The highest BCUT2D eigenvalue weighted by molar-refractivity contribution is 5.27. The van der Waals surface area contributed by atoms with Crippen molar-refractivity contribution >= 4 is 0 Å². The predicted octanol–water partition coefficient (Wildman–Crippen LogP) is 2.00. The van der Waals surface area contributed by atoms with E-state index in [4.69, 9.17) is 28.4 Å². The van der Waals surface area contributed by atoms with E-state index in [2.05, 4.69) is 33.8 Å². The van der Waals surface area contributed by atoms with Crippen molar-refractivity contribution in [1.82, 2.24) is 0 Å². The first-order chi connectivity index (χ1) is 23.6. The maximum Gasteiger partial charge on any atom is 0.186 e. The average molecular weight is 709 g/mol. The number of hydrogen-bond acceptors (Lipinski definition) is 12. The summed E-state index contributed by atoms with van der Waals surface area (Å²) < 4.78 is 36.5. The van der Waals surface area contributed by atoms with Crippen LogP contribution in [0.5, 0.6) is 0 Å². The zero-order valence-electron chi connectivity index (χ0n) is 30.2. The van der Waals surface area contributed by atoms with Crippen LogP contribution in [-0.2, 0) is 28.4 Å². The maximum absolute atomic E-state index is 12.1. The van der Waals surface area contributed by atoms with E-state index >= 15 is 0 Å². The topological polar surface area (TPSA) is 177 Å². The number of allylic oxidation sites excluding steroid dienone is 1. The molecule has 284 valence electrons. The number of rotatable bonds is 5. The Balaban J connectivity index is 0.908. The minimum absolute atomic E-state index is 0.0566. The molecule has 20 atom stereocenters. The molecule has 12 nitrogen and oxygen atoms in total. The van der Waals surface area contributed by atoms with Gasteiger partial charge in [-0.25, -0.2) is 0 Å². The quantitative estimate of drug-likeness (QED) is 0.230. The van der Waals surface area contributed by atoms with Gasteiger partial charge in [-0.1, -0.05) is 39.3 Å². The summed E-state index contributed by atoms with van der Waals surface area (Å²) in [6, 6.07) is 0. The molecule has 50 heavy (non-hydrogen) atoms. The van der Waals surface area contributed by atoms with Gasteiger partial charge in [-0.15, -0.1) is 0 Å². The Kier molecular flexibility index (Phi) is 9.18. The smallest absolute Gasteiger partial charge is 0.186 e. The molecule has 8 rings (SSSR count). The Morgan fingerprint density at radius 3 is 2.44 bits per heavy atom.